The molecule has 35 heavy (non-hydrogen) atoms. The number of amides is 1. The number of nitrogens with one attached hydrogen (secondary N) is 1. The third kappa shape index (κ3) is 5.16. The summed E-state index contributed by atoms with van der Waals surface area (Å²) in [6.07, 6.45) is 0. The predicted molar refractivity (Wildman–Crippen MR) is 138 cm³/mol. The van der Waals surface area contributed by atoms with E-state index in [1.54, 1.807) is 36.4 Å². The van der Waals surface area contributed by atoms with Crippen LogP contribution >= 0.6 is 23.2 Å². The van der Waals surface area contributed by atoms with E-state index >= 15 is 0 Å². The van der Waals surface area contributed by atoms with Crippen molar-refractivity contribution in [1.82, 2.24) is 0 Å². The molecule has 4 rings (SSSR count). The van der Waals surface area contributed by atoms with Crippen LogP contribution in [-0.4, -0.2) is 25.2 Å². The molecule has 0 aliphatic heterocycles. The molecule has 0 spiro atoms. The minimum absolute atomic E-state index is 0.0112. The number of fused-ring (bicyclic) bond motifs is 1. The number of phenols is 1. The van der Waals surface area contributed by atoms with Gasteiger partial charge in [0.05, 0.1) is 36.2 Å². The second-order valence-corrected chi connectivity index (χ2v) is 8.51. The summed E-state index contributed by atoms with van der Waals surface area (Å²) >= 11 is 12.3. The largest absolute Gasteiger partial charge is 0.505 e. The fourth-order valence-electron chi connectivity index (χ4n) is 3.56. The summed E-state index contributed by atoms with van der Waals surface area (Å²) in [6.45, 7) is 1.93. The zero-order valence-corrected chi connectivity index (χ0v) is 20.6. The highest BCUT2D eigenvalue weighted by atomic mass is 35.5. The maximum Gasteiger partial charge on any atom is 0.259 e. The molecular weight excluding hydrogens is 489 g/mol. The van der Waals surface area contributed by atoms with Gasteiger partial charge < -0.3 is 19.9 Å². The Morgan fingerprint density at radius 2 is 1.71 bits per heavy atom. The minimum Gasteiger partial charge on any atom is -0.505 e. The molecule has 0 fully saturated rings. The van der Waals surface area contributed by atoms with Crippen LogP contribution in [0.4, 0.5) is 17.1 Å². The first kappa shape index (κ1) is 24.3. The van der Waals surface area contributed by atoms with E-state index in [1.165, 1.54) is 20.3 Å². The molecule has 0 saturated carbocycles. The molecule has 0 aromatic heterocycles. The Labute approximate surface area is 211 Å². The quantitative estimate of drug-likeness (QED) is 0.259. The maximum absolute atomic E-state index is 13.3. The van der Waals surface area contributed by atoms with E-state index in [0.29, 0.717) is 38.7 Å². The van der Waals surface area contributed by atoms with Crippen molar-refractivity contribution in [2.75, 3.05) is 19.5 Å². The van der Waals surface area contributed by atoms with Crippen LogP contribution in [0.3, 0.4) is 0 Å². The predicted octanol–water partition coefficient (Wildman–Crippen LogP) is 7.85. The summed E-state index contributed by atoms with van der Waals surface area (Å²) in [5.74, 6) is -0.154. The molecule has 4 aromatic rings. The van der Waals surface area contributed by atoms with Crippen LogP contribution in [0.2, 0.25) is 10.0 Å². The summed E-state index contributed by atoms with van der Waals surface area (Å²) in [4.78, 5) is 13.3. The van der Waals surface area contributed by atoms with Gasteiger partial charge in [0.25, 0.3) is 5.91 Å². The molecule has 178 valence electrons. The molecule has 0 unspecified atom stereocenters. The number of nitrogens with zero attached hydrogens (tertiary/aromatic N) is 2. The molecular formula is C26H21Cl2N3O4. The van der Waals surface area contributed by atoms with Crippen molar-refractivity contribution in [3.63, 3.8) is 0 Å². The van der Waals surface area contributed by atoms with Crippen LogP contribution in [0.15, 0.2) is 70.9 Å². The fourth-order valence-corrected chi connectivity index (χ4v) is 3.99. The van der Waals surface area contributed by atoms with Gasteiger partial charge in [0.15, 0.2) is 5.75 Å². The number of aromatic hydroxyl groups is 1. The number of aryl methyl sites for hydroxylation is 1. The molecule has 2 N–H and O–H groups in total. The Bertz CT molecular complexity index is 1470. The summed E-state index contributed by atoms with van der Waals surface area (Å²) in [6, 6.07) is 17.1. The number of azo groups is 1. The van der Waals surface area contributed by atoms with Gasteiger partial charge in [-0.2, -0.15) is 5.11 Å². The number of phenolic OH excluding ortho intramolecular Hbond substituents is 1. The normalized spacial score (nSPS) is 11.1. The third-order valence-corrected chi connectivity index (χ3v) is 5.81. The van der Waals surface area contributed by atoms with Gasteiger partial charge in [-0.05, 0) is 42.6 Å². The summed E-state index contributed by atoms with van der Waals surface area (Å²) in [7, 11) is 2.94. The summed E-state index contributed by atoms with van der Waals surface area (Å²) < 4.78 is 10.6. The Hall–Kier alpha value is -3.81. The van der Waals surface area contributed by atoms with Gasteiger partial charge in [-0.1, -0.05) is 53.0 Å². The van der Waals surface area contributed by atoms with E-state index in [0.717, 1.165) is 5.56 Å². The van der Waals surface area contributed by atoms with E-state index in [1.807, 2.05) is 25.1 Å². The number of hydrogen-bond donors (Lipinski definition) is 2. The van der Waals surface area contributed by atoms with Gasteiger partial charge in [-0.15, -0.1) is 5.11 Å². The first-order chi connectivity index (χ1) is 16.8. The van der Waals surface area contributed by atoms with Gasteiger partial charge in [0.2, 0.25) is 0 Å². The zero-order chi connectivity index (χ0) is 25.1. The first-order valence-electron chi connectivity index (χ1n) is 10.5. The van der Waals surface area contributed by atoms with Crippen LogP contribution in [0.5, 0.6) is 17.2 Å². The lowest BCUT2D eigenvalue weighted by Gasteiger charge is -2.15. The van der Waals surface area contributed by atoms with Gasteiger partial charge >= 0.3 is 0 Å². The van der Waals surface area contributed by atoms with Crippen molar-refractivity contribution in [2.24, 2.45) is 10.2 Å². The van der Waals surface area contributed by atoms with Crippen LogP contribution in [0, 0.1) is 6.92 Å². The zero-order valence-electron chi connectivity index (χ0n) is 19.1. The highest BCUT2D eigenvalue weighted by Crippen LogP contribution is 2.41. The number of carbonyl (C=O) groups excluding carboxylic acids is 1. The van der Waals surface area contributed by atoms with Crippen molar-refractivity contribution < 1.29 is 19.4 Å². The van der Waals surface area contributed by atoms with Crippen molar-refractivity contribution in [3.05, 3.63) is 81.8 Å². The van der Waals surface area contributed by atoms with Crippen molar-refractivity contribution >= 4 is 56.9 Å². The lowest BCUT2D eigenvalue weighted by atomic mass is 10.0. The SMILES string of the molecule is COc1cc(OC)c(NC(=O)c2cc3cc(C)ccc3c(N=Nc3cccc(Cl)c3)c2O)cc1Cl. The van der Waals surface area contributed by atoms with E-state index < -0.39 is 5.91 Å². The minimum atomic E-state index is -0.579. The highest BCUT2D eigenvalue weighted by Gasteiger charge is 2.21. The monoisotopic (exact) mass is 509 g/mol. The summed E-state index contributed by atoms with van der Waals surface area (Å²) in [5, 5.41) is 24.5. The van der Waals surface area contributed by atoms with E-state index in [2.05, 4.69) is 15.5 Å². The standard InChI is InChI=1S/C26H21Cl2N3O4/c1-14-7-8-18-15(9-14)10-19(25(32)24(18)31-30-17-6-4-5-16(27)11-17)26(33)29-21-12-20(28)22(34-2)13-23(21)35-3/h4-13,32H,1-3H3,(H,29,33). The molecule has 9 heteroatoms. The van der Waals surface area contributed by atoms with Gasteiger partial charge in [-0.25, -0.2) is 0 Å². The molecule has 0 aliphatic carbocycles. The smallest absolute Gasteiger partial charge is 0.259 e. The highest BCUT2D eigenvalue weighted by molar-refractivity contribution is 6.32. The first-order valence-corrected chi connectivity index (χ1v) is 11.2. The van der Waals surface area contributed by atoms with Crippen molar-refractivity contribution in [3.8, 4) is 17.2 Å². The molecule has 0 aliphatic rings. The number of hydrogen-bond acceptors (Lipinski definition) is 6. The number of halogens is 2. The Morgan fingerprint density at radius 1 is 0.943 bits per heavy atom. The van der Waals surface area contributed by atoms with Crippen LogP contribution in [0.1, 0.15) is 15.9 Å². The lowest BCUT2D eigenvalue weighted by molar-refractivity contribution is 0.102. The lowest BCUT2D eigenvalue weighted by Crippen LogP contribution is -2.13. The Morgan fingerprint density at radius 3 is 2.43 bits per heavy atom. The topological polar surface area (TPSA) is 92.5 Å². The molecule has 0 atom stereocenters. The van der Waals surface area contributed by atoms with E-state index in [4.69, 9.17) is 32.7 Å². The maximum atomic E-state index is 13.3. The van der Waals surface area contributed by atoms with Gasteiger partial charge in [-0.3, -0.25) is 4.79 Å². The number of methoxy groups -OCH3 is 2. The van der Waals surface area contributed by atoms with Crippen LogP contribution in [0.25, 0.3) is 10.8 Å². The number of rotatable bonds is 6. The average Bonchev–Trinajstić information content (AvgIpc) is 2.83. The number of carbonyl (C=O) groups is 1. The van der Waals surface area contributed by atoms with Crippen molar-refractivity contribution in [2.45, 2.75) is 6.92 Å². The number of anilines is 1. The molecule has 0 heterocycles. The Kier molecular flexibility index (Phi) is 7.10. The average molecular weight is 510 g/mol. The third-order valence-electron chi connectivity index (χ3n) is 5.28. The number of ether oxygens (including phenoxy) is 2. The molecule has 0 bridgehead atoms. The second kappa shape index (κ2) is 10.2. The number of benzene rings is 4. The van der Waals surface area contributed by atoms with E-state index in [-0.39, 0.29) is 22.0 Å². The molecule has 1 amide bonds. The molecule has 0 radical (unpaired) electrons. The van der Waals surface area contributed by atoms with Gasteiger partial charge in [0.1, 0.15) is 17.2 Å². The molecule has 4 aromatic carbocycles. The Balaban J connectivity index is 1.80. The van der Waals surface area contributed by atoms with Crippen LogP contribution in [-0.2, 0) is 0 Å². The summed E-state index contributed by atoms with van der Waals surface area (Å²) in [5.41, 5.74) is 1.97. The van der Waals surface area contributed by atoms with E-state index in [9.17, 15) is 9.90 Å². The van der Waals surface area contributed by atoms with Crippen molar-refractivity contribution in [1.29, 1.82) is 0 Å². The fraction of sp³-hybridized carbons (Fsp3) is 0.115. The molecule has 7 nitrogen and oxygen atoms in total. The molecule has 0 saturated heterocycles. The second-order valence-electron chi connectivity index (χ2n) is 7.67. The van der Waals surface area contributed by atoms with Gasteiger partial charge in [0, 0.05) is 16.5 Å². The van der Waals surface area contributed by atoms with Crippen LogP contribution < -0.4 is 14.8 Å².